The molecule has 1 atom stereocenters. The van der Waals surface area contributed by atoms with Gasteiger partial charge in [0.1, 0.15) is 11.5 Å². The van der Waals surface area contributed by atoms with Gasteiger partial charge in [0, 0.05) is 20.1 Å². The molecule has 0 aromatic heterocycles. The molecule has 1 unspecified atom stereocenters. The topological polar surface area (TPSA) is 27.7 Å². The Morgan fingerprint density at radius 3 is 2.53 bits per heavy atom. The van der Waals surface area contributed by atoms with Crippen molar-refractivity contribution in [3.8, 4) is 11.5 Å². The fraction of sp³-hybridized carbons (Fsp3) is 0.500. The number of hydrogen-bond acceptors (Lipinski definition) is 3. The fourth-order valence-corrected chi connectivity index (χ4v) is 1.78. The number of hydrogen-bond donors (Lipinski definition) is 0. The first-order valence-electron chi connectivity index (χ1n) is 5.52. The summed E-state index contributed by atoms with van der Waals surface area (Å²) in [5.74, 6) is 0.161. The molecule has 0 saturated carbocycles. The van der Waals surface area contributed by atoms with E-state index in [2.05, 4.69) is 20.7 Å². The van der Waals surface area contributed by atoms with Crippen molar-refractivity contribution in [2.45, 2.75) is 25.8 Å². The molecule has 19 heavy (non-hydrogen) atoms. The lowest BCUT2D eigenvalue weighted by Crippen LogP contribution is -2.17. The van der Waals surface area contributed by atoms with Crippen molar-refractivity contribution >= 4 is 15.9 Å². The summed E-state index contributed by atoms with van der Waals surface area (Å²) < 4.78 is 50.7. The van der Waals surface area contributed by atoms with Gasteiger partial charge >= 0.3 is 6.36 Å². The zero-order valence-corrected chi connectivity index (χ0v) is 12.0. The van der Waals surface area contributed by atoms with E-state index in [1.165, 1.54) is 18.2 Å². The molecular weight excluding hydrogens is 329 g/mol. The number of alkyl halides is 3. The van der Waals surface area contributed by atoms with E-state index in [1.807, 2.05) is 6.92 Å². The summed E-state index contributed by atoms with van der Waals surface area (Å²) in [6.07, 6.45) is -4.12. The molecule has 0 aliphatic heterocycles. The first kappa shape index (κ1) is 16.1. The van der Waals surface area contributed by atoms with E-state index in [0.717, 1.165) is 0 Å². The van der Waals surface area contributed by atoms with Gasteiger partial charge in [-0.1, -0.05) is 0 Å². The Kier molecular flexibility index (Phi) is 5.93. The molecule has 1 rings (SSSR count). The van der Waals surface area contributed by atoms with Crippen molar-refractivity contribution in [1.29, 1.82) is 0 Å². The van der Waals surface area contributed by atoms with Gasteiger partial charge in [-0.2, -0.15) is 0 Å². The molecule has 0 saturated heterocycles. The lowest BCUT2D eigenvalue weighted by atomic mass is 10.3. The second kappa shape index (κ2) is 7.00. The van der Waals surface area contributed by atoms with Crippen molar-refractivity contribution in [2.75, 3.05) is 13.7 Å². The van der Waals surface area contributed by atoms with Crippen LogP contribution in [0.3, 0.4) is 0 Å². The number of halogens is 4. The lowest BCUT2D eigenvalue weighted by Gasteiger charge is -2.16. The standard InChI is InChI=1S/C12H14BrF3O3/c1-8(5-6-17-2)18-9-3-4-11(10(13)7-9)19-12(14,15)16/h3-4,7-8H,5-6H2,1-2H3. The summed E-state index contributed by atoms with van der Waals surface area (Å²) in [5.41, 5.74) is 0. The Morgan fingerprint density at radius 2 is 2.00 bits per heavy atom. The third-order valence-corrected chi connectivity index (χ3v) is 2.81. The molecule has 1 aromatic carbocycles. The predicted octanol–water partition coefficient (Wildman–Crippen LogP) is 4.15. The third kappa shape index (κ3) is 6.15. The van der Waals surface area contributed by atoms with Gasteiger partial charge in [0.15, 0.2) is 0 Å². The number of rotatable bonds is 6. The smallest absolute Gasteiger partial charge is 0.491 e. The van der Waals surface area contributed by atoms with Crippen molar-refractivity contribution in [3.63, 3.8) is 0 Å². The minimum Gasteiger partial charge on any atom is -0.491 e. The molecule has 0 heterocycles. The highest BCUT2D eigenvalue weighted by Gasteiger charge is 2.32. The van der Waals surface area contributed by atoms with Crippen LogP contribution in [0.2, 0.25) is 0 Å². The van der Waals surface area contributed by atoms with Gasteiger partial charge in [-0.15, -0.1) is 13.2 Å². The van der Waals surface area contributed by atoms with Crippen LogP contribution in [0, 0.1) is 0 Å². The van der Waals surface area contributed by atoms with Gasteiger partial charge in [-0.05, 0) is 41.1 Å². The van der Waals surface area contributed by atoms with Gasteiger partial charge < -0.3 is 14.2 Å². The normalized spacial score (nSPS) is 13.2. The maximum absolute atomic E-state index is 12.1. The average molecular weight is 343 g/mol. The van der Waals surface area contributed by atoms with Crippen LogP contribution >= 0.6 is 15.9 Å². The molecule has 0 amide bonds. The predicted molar refractivity (Wildman–Crippen MR) is 67.4 cm³/mol. The van der Waals surface area contributed by atoms with Gasteiger partial charge in [-0.25, -0.2) is 0 Å². The molecule has 0 spiro atoms. The molecule has 0 radical (unpaired) electrons. The van der Waals surface area contributed by atoms with Crippen molar-refractivity contribution in [3.05, 3.63) is 22.7 Å². The molecule has 0 fully saturated rings. The second-order valence-electron chi connectivity index (χ2n) is 3.85. The zero-order chi connectivity index (χ0) is 14.5. The van der Waals surface area contributed by atoms with E-state index in [1.54, 1.807) is 7.11 Å². The van der Waals surface area contributed by atoms with Gasteiger partial charge in [0.2, 0.25) is 0 Å². The van der Waals surface area contributed by atoms with Crippen molar-refractivity contribution in [2.24, 2.45) is 0 Å². The highest BCUT2D eigenvalue weighted by Crippen LogP contribution is 2.33. The zero-order valence-electron chi connectivity index (χ0n) is 10.5. The van der Waals surface area contributed by atoms with E-state index in [4.69, 9.17) is 9.47 Å². The van der Waals surface area contributed by atoms with Crippen LogP contribution < -0.4 is 9.47 Å². The van der Waals surface area contributed by atoms with Crippen molar-refractivity contribution in [1.82, 2.24) is 0 Å². The Morgan fingerprint density at radius 1 is 1.32 bits per heavy atom. The summed E-state index contributed by atoms with van der Waals surface area (Å²) >= 11 is 3.01. The van der Waals surface area contributed by atoms with Crippen LogP contribution in [0.5, 0.6) is 11.5 Å². The van der Waals surface area contributed by atoms with Gasteiger partial charge in [-0.3, -0.25) is 0 Å². The maximum atomic E-state index is 12.1. The molecule has 3 nitrogen and oxygen atoms in total. The number of methoxy groups -OCH3 is 1. The summed E-state index contributed by atoms with van der Waals surface area (Å²) in [7, 11) is 1.59. The first-order chi connectivity index (χ1) is 8.81. The number of benzene rings is 1. The van der Waals surface area contributed by atoms with Crippen LogP contribution in [0.4, 0.5) is 13.2 Å². The maximum Gasteiger partial charge on any atom is 0.573 e. The molecule has 0 N–H and O–H groups in total. The monoisotopic (exact) mass is 342 g/mol. The van der Waals surface area contributed by atoms with Crippen LogP contribution in [0.25, 0.3) is 0 Å². The van der Waals surface area contributed by atoms with Crippen LogP contribution in [0.1, 0.15) is 13.3 Å². The lowest BCUT2D eigenvalue weighted by molar-refractivity contribution is -0.274. The Balaban J connectivity index is 2.66. The molecule has 0 aliphatic rings. The molecule has 7 heteroatoms. The molecule has 0 aliphatic carbocycles. The van der Waals surface area contributed by atoms with E-state index in [-0.39, 0.29) is 16.3 Å². The fourth-order valence-electron chi connectivity index (χ4n) is 1.34. The largest absolute Gasteiger partial charge is 0.573 e. The molecule has 1 aromatic rings. The minimum atomic E-state index is -4.71. The second-order valence-corrected chi connectivity index (χ2v) is 4.70. The Labute approximate surface area is 117 Å². The van der Waals surface area contributed by atoms with E-state index >= 15 is 0 Å². The molecule has 0 bridgehead atoms. The SMILES string of the molecule is COCCC(C)Oc1ccc(OC(F)(F)F)c(Br)c1. The van der Waals surface area contributed by atoms with Gasteiger partial charge in [0.25, 0.3) is 0 Å². The van der Waals surface area contributed by atoms with Crippen LogP contribution in [-0.2, 0) is 4.74 Å². The minimum absolute atomic E-state index is 0.0961. The molecule has 108 valence electrons. The van der Waals surface area contributed by atoms with Gasteiger partial charge in [0.05, 0.1) is 10.6 Å². The van der Waals surface area contributed by atoms with E-state index < -0.39 is 6.36 Å². The third-order valence-electron chi connectivity index (χ3n) is 2.19. The summed E-state index contributed by atoms with van der Waals surface area (Å²) in [6.45, 7) is 2.41. The number of ether oxygens (including phenoxy) is 3. The summed E-state index contributed by atoms with van der Waals surface area (Å²) in [6, 6.07) is 4.06. The van der Waals surface area contributed by atoms with E-state index in [0.29, 0.717) is 18.8 Å². The highest BCUT2D eigenvalue weighted by atomic mass is 79.9. The van der Waals surface area contributed by atoms with E-state index in [9.17, 15) is 13.2 Å². The summed E-state index contributed by atoms with van der Waals surface area (Å²) in [4.78, 5) is 0. The summed E-state index contributed by atoms with van der Waals surface area (Å²) in [5, 5.41) is 0. The van der Waals surface area contributed by atoms with Crippen LogP contribution in [-0.4, -0.2) is 26.2 Å². The Hall–Kier alpha value is -0.950. The highest BCUT2D eigenvalue weighted by molar-refractivity contribution is 9.10. The Bertz CT molecular complexity index is 410. The first-order valence-corrected chi connectivity index (χ1v) is 6.32. The quantitative estimate of drug-likeness (QED) is 0.777. The average Bonchev–Trinajstić information content (AvgIpc) is 2.28. The van der Waals surface area contributed by atoms with Crippen molar-refractivity contribution < 1.29 is 27.4 Å². The van der Waals surface area contributed by atoms with Crippen LogP contribution in [0.15, 0.2) is 22.7 Å². The molecular formula is C12H14BrF3O3.